The predicted molar refractivity (Wildman–Crippen MR) is 134 cm³/mol. The van der Waals surface area contributed by atoms with Crippen molar-refractivity contribution < 1.29 is 27.8 Å². The molecule has 0 aliphatic rings. The summed E-state index contributed by atoms with van der Waals surface area (Å²) in [7, 11) is 1.54. The summed E-state index contributed by atoms with van der Waals surface area (Å²) in [5.41, 5.74) is 1.08. The molecule has 0 saturated carbocycles. The highest BCUT2D eigenvalue weighted by molar-refractivity contribution is 7.98. The summed E-state index contributed by atoms with van der Waals surface area (Å²) >= 11 is 1.51. The van der Waals surface area contributed by atoms with Crippen molar-refractivity contribution in [3.05, 3.63) is 78.3 Å². The number of hydrogen-bond acceptors (Lipinski definition) is 7. The molecule has 2 heterocycles. The fraction of sp³-hybridized carbons (Fsp3) is 0.120. The number of thioether (sulfide) groups is 1. The van der Waals surface area contributed by atoms with Gasteiger partial charge >= 0.3 is 12.1 Å². The van der Waals surface area contributed by atoms with Gasteiger partial charge in [0.1, 0.15) is 5.75 Å². The second kappa shape index (κ2) is 10.7. The van der Waals surface area contributed by atoms with Gasteiger partial charge in [-0.05, 0) is 47.7 Å². The van der Waals surface area contributed by atoms with E-state index in [1.807, 2.05) is 18.4 Å². The Bertz CT molecular complexity index is 1450. The Kier molecular flexibility index (Phi) is 7.48. The first-order valence-electron chi connectivity index (χ1n) is 10.7. The SMILES string of the molecule is COc1cc(Nc2ncc(-c3cccc(/C=C/C(=O)O)c3)c(-n3ccc(C(F)(F)F)n3)n2)cc(SC)c1. The third-order valence-corrected chi connectivity index (χ3v) is 5.80. The Labute approximate surface area is 213 Å². The molecule has 37 heavy (non-hydrogen) atoms. The molecule has 0 radical (unpaired) electrons. The van der Waals surface area contributed by atoms with Gasteiger partial charge in [0.05, 0.1) is 7.11 Å². The molecule has 8 nitrogen and oxygen atoms in total. The Morgan fingerprint density at radius 3 is 2.68 bits per heavy atom. The van der Waals surface area contributed by atoms with E-state index in [9.17, 15) is 18.0 Å². The standard InChI is InChI=1S/C25H20F3N5O3S/c1-36-18-11-17(12-19(13-18)37-2)30-24-29-14-20(16-5-3-4-15(10-16)6-7-22(34)35)23(31-24)33-9-8-21(32-33)25(26,27)28/h3-14H,1-2H3,(H,34,35)(H,29,30,31)/b7-6+. The van der Waals surface area contributed by atoms with E-state index in [0.29, 0.717) is 28.1 Å². The van der Waals surface area contributed by atoms with E-state index in [1.165, 1.54) is 30.2 Å². The van der Waals surface area contributed by atoms with Crippen LogP contribution in [0, 0.1) is 0 Å². The molecule has 2 N–H and O–H groups in total. The Balaban J connectivity index is 1.80. The fourth-order valence-electron chi connectivity index (χ4n) is 3.39. The number of benzene rings is 2. The molecule has 0 amide bonds. The van der Waals surface area contributed by atoms with E-state index in [4.69, 9.17) is 9.84 Å². The van der Waals surface area contributed by atoms with Crippen molar-refractivity contribution >= 4 is 35.4 Å². The van der Waals surface area contributed by atoms with Gasteiger partial charge in [-0.2, -0.15) is 23.3 Å². The average Bonchev–Trinajstić information content (AvgIpc) is 3.38. The molecule has 2 aromatic carbocycles. The zero-order valence-corrected chi connectivity index (χ0v) is 20.3. The molecule has 12 heteroatoms. The number of nitrogens with zero attached hydrogens (tertiary/aromatic N) is 4. The van der Waals surface area contributed by atoms with Crippen LogP contribution in [0.4, 0.5) is 24.8 Å². The van der Waals surface area contributed by atoms with Crippen LogP contribution < -0.4 is 10.1 Å². The minimum atomic E-state index is -4.63. The van der Waals surface area contributed by atoms with E-state index in [2.05, 4.69) is 20.4 Å². The molecule has 0 spiro atoms. The Morgan fingerprint density at radius 2 is 2.00 bits per heavy atom. The second-order valence-corrected chi connectivity index (χ2v) is 8.48. The molecule has 4 rings (SSSR count). The lowest BCUT2D eigenvalue weighted by Gasteiger charge is -2.13. The third kappa shape index (κ3) is 6.28. The number of rotatable bonds is 8. The first-order valence-corrected chi connectivity index (χ1v) is 11.9. The van der Waals surface area contributed by atoms with Gasteiger partial charge in [-0.1, -0.05) is 18.2 Å². The molecular formula is C25H20F3N5O3S. The largest absolute Gasteiger partial charge is 0.497 e. The molecular weight excluding hydrogens is 507 g/mol. The first kappa shape index (κ1) is 25.8. The van der Waals surface area contributed by atoms with Gasteiger partial charge in [-0.25, -0.2) is 14.5 Å². The summed E-state index contributed by atoms with van der Waals surface area (Å²) in [5.74, 6) is -0.270. The van der Waals surface area contributed by atoms with Crippen LogP contribution in [0.3, 0.4) is 0 Å². The monoisotopic (exact) mass is 527 g/mol. The quantitative estimate of drug-likeness (QED) is 0.215. The van der Waals surface area contributed by atoms with Gasteiger partial charge in [-0.15, -0.1) is 11.8 Å². The lowest BCUT2D eigenvalue weighted by Crippen LogP contribution is -2.10. The number of carbonyl (C=O) groups is 1. The van der Waals surface area contributed by atoms with Crippen molar-refractivity contribution in [1.82, 2.24) is 19.7 Å². The normalized spacial score (nSPS) is 11.6. The molecule has 0 aliphatic carbocycles. The summed E-state index contributed by atoms with van der Waals surface area (Å²) in [4.78, 5) is 20.7. The number of anilines is 2. The number of carboxylic acid groups (broad SMARTS) is 1. The molecule has 2 aromatic heterocycles. The van der Waals surface area contributed by atoms with Crippen LogP contribution in [-0.2, 0) is 11.0 Å². The lowest BCUT2D eigenvalue weighted by molar-refractivity contribution is -0.141. The van der Waals surface area contributed by atoms with Crippen LogP contribution in [0.15, 0.2) is 71.9 Å². The predicted octanol–water partition coefficient (Wildman–Crippen LogP) is 5.92. The van der Waals surface area contributed by atoms with Crippen molar-refractivity contribution in [1.29, 1.82) is 0 Å². The maximum absolute atomic E-state index is 13.3. The molecule has 0 aliphatic heterocycles. The van der Waals surface area contributed by atoms with Gasteiger partial charge in [0.2, 0.25) is 5.95 Å². The molecule has 0 saturated heterocycles. The summed E-state index contributed by atoms with van der Waals surface area (Å²) in [6.45, 7) is 0. The number of aromatic nitrogens is 4. The zero-order valence-electron chi connectivity index (χ0n) is 19.5. The topological polar surface area (TPSA) is 102 Å². The van der Waals surface area contributed by atoms with Crippen LogP contribution in [0.25, 0.3) is 23.0 Å². The Morgan fingerprint density at radius 1 is 1.19 bits per heavy atom. The van der Waals surface area contributed by atoms with Crippen molar-refractivity contribution in [3.63, 3.8) is 0 Å². The molecule has 4 aromatic rings. The summed E-state index contributed by atoms with van der Waals surface area (Å²) in [6.07, 6.45) is 2.32. The summed E-state index contributed by atoms with van der Waals surface area (Å²) < 4.78 is 46.1. The number of hydrogen-bond donors (Lipinski definition) is 2. The summed E-state index contributed by atoms with van der Waals surface area (Å²) in [6, 6.07) is 13.1. The Hall–Kier alpha value is -4.32. The number of alkyl halides is 3. The second-order valence-electron chi connectivity index (χ2n) is 7.60. The van der Waals surface area contributed by atoms with Crippen molar-refractivity contribution in [2.45, 2.75) is 11.1 Å². The smallest absolute Gasteiger partial charge is 0.435 e. The van der Waals surface area contributed by atoms with E-state index in [-0.39, 0.29) is 11.8 Å². The average molecular weight is 528 g/mol. The number of aliphatic carboxylic acids is 1. The molecule has 0 bridgehead atoms. The number of halogens is 3. The van der Waals surface area contributed by atoms with Gasteiger partial charge < -0.3 is 15.2 Å². The van der Waals surface area contributed by atoms with Crippen LogP contribution in [-0.4, -0.2) is 44.2 Å². The van der Waals surface area contributed by atoms with Crippen molar-refractivity contribution in [2.24, 2.45) is 0 Å². The lowest BCUT2D eigenvalue weighted by atomic mass is 10.0. The van der Waals surface area contributed by atoms with Gasteiger partial charge in [0.25, 0.3) is 0 Å². The molecule has 0 atom stereocenters. The number of methoxy groups -OCH3 is 1. The van der Waals surface area contributed by atoms with E-state index >= 15 is 0 Å². The number of ether oxygens (including phenoxy) is 1. The number of carboxylic acids is 1. The fourth-order valence-corrected chi connectivity index (χ4v) is 3.87. The maximum atomic E-state index is 13.3. The highest BCUT2D eigenvalue weighted by Crippen LogP contribution is 2.32. The number of nitrogens with one attached hydrogen (secondary N) is 1. The van der Waals surface area contributed by atoms with Crippen LogP contribution in [0.2, 0.25) is 0 Å². The minimum absolute atomic E-state index is 0.0975. The highest BCUT2D eigenvalue weighted by Gasteiger charge is 2.34. The molecule has 0 fully saturated rings. The van der Waals surface area contributed by atoms with E-state index in [0.717, 1.165) is 21.7 Å². The van der Waals surface area contributed by atoms with Crippen LogP contribution in [0.1, 0.15) is 11.3 Å². The first-order chi connectivity index (χ1) is 17.7. The third-order valence-electron chi connectivity index (χ3n) is 5.09. The highest BCUT2D eigenvalue weighted by atomic mass is 32.2. The summed E-state index contributed by atoms with van der Waals surface area (Å²) in [5, 5.41) is 15.7. The van der Waals surface area contributed by atoms with Gasteiger partial charge in [-0.3, -0.25) is 0 Å². The van der Waals surface area contributed by atoms with Crippen molar-refractivity contribution in [3.8, 4) is 22.7 Å². The van der Waals surface area contributed by atoms with Crippen LogP contribution >= 0.6 is 11.8 Å². The van der Waals surface area contributed by atoms with Gasteiger partial charge in [0.15, 0.2) is 11.5 Å². The zero-order chi connectivity index (χ0) is 26.6. The molecule has 190 valence electrons. The van der Waals surface area contributed by atoms with Crippen molar-refractivity contribution in [2.75, 3.05) is 18.7 Å². The van der Waals surface area contributed by atoms with Crippen LogP contribution in [0.5, 0.6) is 5.75 Å². The van der Waals surface area contributed by atoms with E-state index in [1.54, 1.807) is 37.4 Å². The maximum Gasteiger partial charge on any atom is 0.435 e. The minimum Gasteiger partial charge on any atom is -0.497 e. The van der Waals surface area contributed by atoms with Gasteiger partial charge in [0, 0.05) is 40.7 Å². The van der Waals surface area contributed by atoms with E-state index < -0.39 is 17.8 Å². The molecule has 0 unspecified atom stereocenters.